The first-order valence-electron chi connectivity index (χ1n) is 10.7. The van der Waals surface area contributed by atoms with E-state index in [2.05, 4.69) is 0 Å². The molecule has 0 saturated heterocycles. The maximum atomic E-state index is 13.1. The van der Waals surface area contributed by atoms with Crippen LogP contribution in [0.15, 0.2) is 70.5 Å². The average molecular weight is 480 g/mol. The number of hydrogen-bond acceptors (Lipinski definition) is 7. The van der Waals surface area contributed by atoms with Crippen molar-refractivity contribution in [1.29, 1.82) is 0 Å². The maximum absolute atomic E-state index is 13.1. The van der Waals surface area contributed by atoms with E-state index in [0.29, 0.717) is 23.7 Å². The van der Waals surface area contributed by atoms with Crippen molar-refractivity contribution in [3.63, 3.8) is 0 Å². The van der Waals surface area contributed by atoms with Gasteiger partial charge in [-0.1, -0.05) is 36.0 Å². The van der Waals surface area contributed by atoms with Gasteiger partial charge in [-0.3, -0.25) is 14.5 Å². The predicted octanol–water partition coefficient (Wildman–Crippen LogP) is 5.02. The topological polar surface area (TPSA) is 74.3 Å². The fraction of sp³-hybridized carbons (Fsp3) is 0.231. The molecule has 0 saturated carbocycles. The molecule has 1 aliphatic rings. The van der Waals surface area contributed by atoms with Crippen LogP contribution in [0.5, 0.6) is 17.2 Å². The molecule has 176 valence electrons. The monoisotopic (exact) mass is 479 g/mol. The first-order chi connectivity index (χ1) is 16.5. The first-order valence-corrected chi connectivity index (χ1v) is 11.5. The number of fused-ring (bicyclic) bond motifs is 2. The fourth-order valence-electron chi connectivity index (χ4n) is 3.78. The highest BCUT2D eigenvalue weighted by Crippen LogP contribution is 2.47. The van der Waals surface area contributed by atoms with Crippen LogP contribution in [0.3, 0.4) is 0 Å². The number of para-hydroxylation sites is 2. The van der Waals surface area contributed by atoms with Crippen molar-refractivity contribution in [3.8, 4) is 17.2 Å². The molecule has 3 aromatic carbocycles. The molecule has 0 atom stereocenters. The average Bonchev–Trinajstić information content (AvgIpc) is 2.88. The van der Waals surface area contributed by atoms with Crippen LogP contribution in [-0.2, 0) is 20.7 Å². The van der Waals surface area contributed by atoms with E-state index < -0.39 is 5.97 Å². The van der Waals surface area contributed by atoms with Gasteiger partial charge in [-0.05, 0) is 48.4 Å². The van der Waals surface area contributed by atoms with E-state index in [1.54, 1.807) is 28.8 Å². The lowest BCUT2D eigenvalue weighted by Gasteiger charge is -2.30. The lowest BCUT2D eigenvalue weighted by molar-refractivity contribution is -0.147. The zero-order valence-corrected chi connectivity index (χ0v) is 20.0. The molecule has 1 heterocycles. The van der Waals surface area contributed by atoms with E-state index >= 15 is 0 Å². The highest BCUT2D eigenvalue weighted by atomic mass is 32.2. The highest BCUT2D eigenvalue weighted by Gasteiger charge is 2.28. The second-order valence-electron chi connectivity index (χ2n) is 7.46. The van der Waals surface area contributed by atoms with Crippen LogP contribution in [0.1, 0.15) is 12.0 Å². The quantitative estimate of drug-likeness (QED) is 0.420. The summed E-state index contributed by atoms with van der Waals surface area (Å²) in [6, 6.07) is 19.0. The third kappa shape index (κ3) is 4.82. The van der Waals surface area contributed by atoms with Crippen LogP contribution in [-0.4, -0.2) is 39.8 Å². The molecule has 0 spiro atoms. The van der Waals surface area contributed by atoms with Gasteiger partial charge in [-0.15, -0.1) is 0 Å². The van der Waals surface area contributed by atoms with Gasteiger partial charge in [0.25, 0.3) is 5.91 Å². The Morgan fingerprint density at radius 1 is 0.824 bits per heavy atom. The number of amides is 1. The molecule has 7 nitrogen and oxygen atoms in total. The Labute approximate surface area is 202 Å². The van der Waals surface area contributed by atoms with Gasteiger partial charge in [-0.2, -0.15) is 0 Å². The van der Waals surface area contributed by atoms with E-state index in [0.717, 1.165) is 26.7 Å². The molecule has 1 aliphatic heterocycles. The van der Waals surface area contributed by atoms with Gasteiger partial charge < -0.3 is 18.9 Å². The van der Waals surface area contributed by atoms with Crippen LogP contribution in [0.2, 0.25) is 0 Å². The van der Waals surface area contributed by atoms with Gasteiger partial charge in [-0.25, -0.2) is 0 Å². The van der Waals surface area contributed by atoms with Crippen LogP contribution >= 0.6 is 11.8 Å². The number of esters is 1. The summed E-state index contributed by atoms with van der Waals surface area (Å²) < 4.78 is 21.4. The number of rotatable bonds is 8. The van der Waals surface area contributed by atoms with Crippen molar-refractivity contribution >= 4 is 35.0 Å². The number of carbonyl (C=O) groups is 2. The van der Waals surface area contributed by atoms with E-state index in [4.69, 9.17) is 18.9 Å². The summed E-state index contributed by atoms with van der Waals surface area (Å²) in [5.41, 5.74) is 2.39. The van der Waals surface area contributed by atoms with Gasteiger partial charge in [0.2, 0.25) is 5.75 Å². The van der Waals surface area contributed by atoms with Crippen molar-refractivity contribution in [2.75, 3.05) is 32.8 Å². The smallest absolute Gasteiger partial charge is 0.306 e. The molecule has 0 aromatic heterocycles. The van der Waals surface area contributed by atoms with Gasteiger partial charge in [0.05, 0.1) is 32.7 Å². The van der Waals surface area contributed by atoms with Crippen LogP contribution in [0, 0.1) is 0 Å². The zero-order chi connectivity index (χ0) is 24.1. The van der Waals surface area contributed by atoms with E-state index in [-0.39, 0.29) is 18.9 Å². The van der Waals surface area contributed by atoms with Crippen LogP contribution < -0.4 is 19.1 Å². The van der Waals surface area contributed by atoms with Crippen molar-refractivity contribution in [3.05, 3.63) is 66.2 Å². The predicted molar refractivity (Wildman–Crippen MR) is 130 cm³/mol. The van der Waals surface area contributed by atoms with Gasteiger partial charge in [0.1, 0.15) is 0 Å². The summed E-state index contributed by atoms with van der Waals surface area (Å²) in [5.74, 6) is 0.750. The minimum Gasteiger partial charge on any atom is -0.493 e. The molecule has 34 heavy (non-hydrogen) atoms. The molecule has 0 fully saturated rings. The van der Waals surface area contributed by atoms with Crippen molar-refractivity contribution in [2.45, 2.75) is 22.6 Å². The lowest BCUT2D eigenvalue weighted by atomic mass is 10.1. The van der Waals surface area contributed by atoms with Gasteiger partial charge >= 0.3 is 5.97 Å². The number of carbonyl (C=O) groups excluding carboxylic acids is 2. The van der Waals surface area contributed by atoms with Crippen molar-refractivity contribution in [2.24, 2.45) is 0 Å². The lowest BCUT2D eigenvalue weighted by Crippen LogP contribution is -2.32. The van der Waals surface area contributed by atoms with Crippen molar-refractivity contribution < 1.29 is 28.5 Å². The second kappa shape index (κ2) is 10.5. The Hall–Kier alpha value is -3.65. The standard InChI is InChI=1S/C26H25NO6S/c1-30-20-14-17(15-21(31-2)26(20)32-3)12-13-25(29)33-16-24(28)27-18-8-4-6-10-22(18)34-23-11-7-5-9-19(23)27/h4-11,14-15H,12-13,16H2,1-3H3. The summed E-state index contributed by atoms with van der Waals surface area (Å²) in [4.78, 5) is 29.1. The first kappa shape index (κ1) is 23.5. The molecular weight excluding hydrogens is 454 g/mol. The molecule has 1 amide bonds. The third-order valence-corrected chi connectivity index (χ3v) is 6.51. The minimum atomic E-state index is -0.463. The molecule has 0 N–H and O–H groups in total. The Bertz CT molecular complexity index is 1140. The molecule has 0 bridgehead atoms. The number of hydrogen-bond donors (Lipinski definition) is 0. The second-order valence-corrected chi connectivity index (χ2v) is 8.54. The van der Waals surface area contributed by atoms with E-state index in [1.807, 2.05) is 48.5 Å². The molecule has 8 heteroatoms. The summed E-state index contributed by atoms with van der Waals surface area (Å²) in [7, 11) is 4.61. The molecule has 0 radical (unpaired) electrons. The Kier molecular flexibility index (Phi) is 7.27. The van der Waals surface area contributed by atoms with Crippen molar-refractivity contribution in [1.82, 2.24) is 0 Å². The third-order valence-electron chi connectivity index (χ3n) is 5.38. The normalized spacial score (nSPS) is 11.8. The van der Waals surface area contributed by atoms with E-state index in [9.17, 15) is 9.59 Å². The summed E-state index contributed by atoms with van der Waals surface area (Å²) in [5, 5.41) is 0. The van der Waals surface area contributed by atoms with Gasteiger partial charge in [0, 0.05) is 16.2 Å². The van der Waals surface area contributed by atoms with Gasteiger partial charge in [0.15, 0.2) is 18.1 Å². The molecular formula is C26H25NO6S. The number of methoxy groups -OCH3 is 3. The zero-order valence-electron chi connectivity index (χ0n) is 19.2. The molecule has 4 rings (SSSR count). The Balaban J connectivity index is 1.41. The van der Waals surface area contributed by atoms with Crippen LogP contribution in [0.25, 0.3) is 0 Å². The number of ether oxygens (including phenoxy) is 4. The summed E-state index contributed by atoms with van der Waals surface area (Å²) in [6.07, 6.45) is 0.505. The highest BCUT2D eigenvalue weighted by molar-refractivity contribution is 7.99. The Morgan fingerprint density at radius 2 is 1.38 bits per heavy atom. The number of aryl methyl sites for hydroxylation is 1. The minimum absolute atomic E-state index is 0.106. The maximum Gasteiger partial charge on any atom is 0.306 e. The van der Waals surface area contributed by atoms with Crippen LogP contribution in [0.4, 0.5) is 11.4 Å². The summed E-state index contributed by atoms with van der Waals surface area (Å²) in [6.45, 7) is -0.346. The SMILES string of the molecule is COc1cc(CCC(=O)OCC(=O)N2c3ccccc3Sc3ccccc32)cc(OC)c1OC. The summed E-state index contributed by atoms with van der Waals surface area (Å²) >= 11 is 1.61. The Morgan fingerprint density at radius 3 is 1.91 bits per heavy atom. The molecule has 3 aromatic rings. The fourth-order valence-corrected chi connectivity index (χ4v) is 4.84. The van der Waals surface area contributed by atoms with E-state index in [1.165, 1.54) is 21.3 Å². The largest absolute Gasteiger partial charge is 0.493 e. The molecule has 0 unspecified atom stereocenters. The molecule has 0 aliphatic carbocycles. The number of nitrogens with zero attached hydrogens (tertiary/aromatic N) is 1. The number of benzene rings is 3. The number of anilines is 2.